The molecular formula is C60H42N4. The van der Waals surface area contributed by atoms with Crippen molar-refractivity contribution in [2.24, 2.45) is 0 Å². The fraction of sp³-hybridized carbons (Fsp3) is 0.100. The van der Waals surface area contributed by atoms with Crippen LogP contribution in [0.2, 0.25) is 0 Å². The van der Waals surface area contributed by atoms with Crippen molar-refractivity contribution in [1.82, 2.24) is 19.1 Å². The van der Waals surface area contributed by atoms with Crippen molar-refractivity contribution in [3.63, 3.8) is 0 Å². The van der Waals surface area contributed by atoms with E-state index in [0.717, 1.165) is 48.4 Å². The standard InChI is InChI=1S/C60H42N4/c1-35-29-43(25-27-61-35)63-55-23-19-39(47-15-7-11-37-9-3-5-13-45(37)47)31-51(55)53-33-41-18-22-50-58-42(17-21-49(57(41)58)59(53)63)34-54-52-32-40(48-16-8-12-38-10-4-6-14-46(38)48)20-24-56(52)64(60(50)54)44-26-28-62-36(2)30-44/h3-16,19-20,23-34H,17-18,21-22H2,1-2H3. The second-order valence-electron chi connectivity index (χ2n) is 18.1. The Morgan fingerprint density at radius 3 is 1.31 bits per heavy atom. The molecule has 0 atom stereocenters. The molecule has 0 aliphatic heterocycles. The van der Waals surface area contributed by atoms with Crippen LogP contribution in [-0.4, -0.2) is 19.1 Å². The van der Waals surface area contributed by atoms with Gasteiger partial charge in [-0.1, -0.05) is 97.1 Å². The summed E-state index contributed by atoms with van der Waals surface area (Å²) in [5.41, 5.74) is 23.3. The van der Waals surface area contributed by atoms with Gasteiger partial charge in [-0.15, -0.1) is 0 Å². The van der Waals surface area contributed by atoms with Crippen LogP contribution in [0.5, 0.6) is 0 Å². The van der Waals surface area contributed by atoms with Crippen LogP contribution in [0, 0.1) is 13.8 Å². The first kappa shape index (κ1) is 35.7. The lowest BCUT2D eigenvalue weighted by molar-refractivity contribution is 0.883. The number of hydrogen-bond donors (Lipinski definition) is 0. The SMILES string of the molecule is Cc1cc(-n2c3ccc(-c4cccc5ccccc45)cc3c3cc4c5c(c32)CCc2cc3c6cc(-c7cccc8ccccc78)ccc6n(-c6ccnc(C)c6)c3c(c2-5)CC4)ccn1. The van der Waals surface area contributed by atoms with E-state index in [1.165, 1.54) is 121 Å². The highest BCUT2D eigenvalue weighted by Gasteiger charge is 2.33. The lowest BCUT2D eigenvalue weighted by Crippen LogP contribution is -2.16. The Balaban J connectivity index is 1.06. The predicted molar refractivity (Wildman–Crippen MR) is 266 cm³/mol. The summed E-state index contributed by atoms with van der Waals surface area (Å²) in [5, 5.41) is 10.4. The summed E-state index contributed by atoms with van der Waals surface area (Å²) in [6, 6.07) is 59.2. The van der Waals surface area contributed by atoms with E-state index >= 15 is 0 Å². The molecule has 0 unspecified atom stereocenters. The molecular weight excluding hydrogens is 777 g/mol. The number of pyridine rings is 2. The van der Waals surface area contributed by atoms with Gasteiger partial charge in [0.2, 0.25) is 0 Å². The number of nitrogens with zero attached hydrogens (tertiary/aromatic N) is 4. The summed E-state index contributed by atoms with van der Waals surface area (Å²) >= 11 is 0. The number of hydrogen-bond acceptors (Lipinski definition) is 2. The Morgan fingerprint density at radius 2 is 0.844 bits per heavy atom. The van der Waals surface area contributed by atoms with Gasteiger partial charge in [0.25, 0.3) is 0 Å². The normalized spacial score (nSPS) is 13.2. The molecule has 0 fully saturated rings. The lowest BCUT2D eigenvalue weighted by Gasteiger charge is -2.31. The topological polar surface area (TPSA) is 35.6 Å². The Kier molecular flexibility index (Phi) is 7.45. The largest absolute Gasteiger partial charge is 0.309 e. The maximum atomic E-state index is 4.65. The predicted octanol–water partition coefficient (Wildman–Crippen LogP) is 14.8. The van der Waals surface area contributed by atoms with E-state index in [1.807, 2.05) is 12.4 Å². The van der Waals surface area contributed by atoms with E-state index in [0.29, 0.717) is 0 Å². The van der Waals surface area contributed by atoms with E-state index in [2.05, 4.69) is 191 Å². The van der Waals surface area contributed by atoms with Gasteiger partial charge < -0.3 is 9.13 Å². The molecule has 4 heteroatoms. The molecule has 4 nitrogen and oxygen atoms in total. The molecule has 302 valence electrons. The van der Waals surface area contributed by atoms with E-state index in [-0.39, 0.29) is 0 Å². The maximum absolute atomic E-state index is 4.65. The van der Waals surface area contributed by atoms with E-state index in [4.69, 9.17) is 0 Å². The van der Waals surface area contributed by atoms with Gasteiger partial charge >= 0.3 is 0 Å². The average molecular weight is 819 g/mol. The molecule has 8 aromatic carbocycles. The van der Waals surface area contributed by atoms with E-state index in [1.54, 1.807) is 0 Å². The Bertz CT molecular complexity index is 3720. The molecule has 0 saturated carbocycles. The smallest absolute Gasteiger partial charge is 0.0579 e. The first-order chi connectivity index (χ1) is 31.6. The van der Waals surface area contributed by atoms with Gasteiger partial charge in [-0.3, -0.25) is 9.97 Å². The van der Waals surface area contributed by atoms with Gasteiger partial charge in [0, 0.05) is 56.7 Å². The third kappa shape index (κ3) is 5.05. The summed E-state index contributed by atoms with van der Waals surface area (Å²) < 4.78 is 5.09. The molecule has 0 spiro atoms. The van der Waals surface area contributed by atoms with Crippen LogP contribution in [-0.2, 0) is 25.7 Å². The molecule has 4 aromatic heterocycles. The van der Waals surface area contributed by atoms with Crippen LogP contribution in [0.3, 0.4) is 0 Å². The highest BCUT2D eigenvalue weighted by atomic mass is 15.0. The zero-order chi connectivity index (χ0) is 42.2. The minimum atomic E-state index is 0.984. The maximum Gasteiger partial charge on any atom is 0.0579 e. The number of aromatic nitrogens is 4. The van der Waals surface area contributed by atoms with Crippen LogP contribution in [0.15, 0.2) is 170 Å². The lowest BCUT2D eigenvalue weighted by atomic mass is 9.74. The second kappa shape index (κ2) is 13.3. The van der Waals surface area contributed by atoms with Crippen molar-refractivity contribution in [2.75, 3.05) is 0 Å². The number of rotatable bonds is 4. The zero-order valence-corrected chi connectivity index (χ0v) is 35.8. The third-order valence-corrected chi connectivity index (χ3v) is 14.5. The van der Waals surface area contributed by atoms with Crippen molar-refractivity contribution in [1.29, 1.82) is 0 Å². The van der Waals surface area contributed by atoms with Gasteiger partial charge in [-0.25, -0.2) is 0 Å². The third-order valence-electron chi connectivity index (χ3n) is 14.5. The highest BCUT2D eigenvalue weighted by molar-refractivity contribution is 6.17. The molecule has 0 radical (unpaired) electrons. The quantitative estimate of drug-likeness (QED) is 0.177. The molecule has 64 heavy (non-hydrogen) atoms. The number of fused-ring (bicyclic) bond motifs is 10. The van der Waals surface area contributed by atoms with Crippen LogP contribution in [0.25, 0.3) is 110 Å². The fourth-order valence-electron chi connectivity index (χ4n) is 11.8. The first-order valence-electron chi connectivity index (χ1n) is 22.6. The summed E-state index contributed by atoms with van der Waals surface area (Å²) in [7, 11) is 0. The Labute approximate surface area is 370 Å². The Morgan fingerprint density at radius 1 is 0.391 bits per heavy atom. The average Bonchev–Trinajstić information content (AvgIpc) is 3.84. The summed E-state index contributed by atoms with van der Waals surface area (Å²) in [4.78, 5) is 9.29. The zero-order valence-electron chi connectivity index (χ0n) is 35.8. The van der Waals surface area contributed by atoms with Crippen LogP contribution in [0.1, 0.15) is 33.6 Å². The van der Waals surface area contributed by atoms with Crippen LogP contribution in [0.4, 0.5) is 0 Å². The van der Waals surface area contributed by atoms with Gasteiger partial charge in [0.15, 0.2) is 0 Å². The minimum absolute atomic E-state index is 0.984. The van der Waals surface area contributed by atoms with Crippen molar-refractivity contribution >= 4 is 65.2 Å². The molecule has 0 bridgehead atoms. The molecule has 0 amide bonds. The molecule has 2 aliphatic carbocycles. The van der Waals surface area contributed by atoms with Crippen LogP contribution < -0.4 is 0 Å². The fourth-order valence-corrected chi connectivity index (χ4v) is 11.8. The van der Waals surface area contributed by atoms with Crippen molar-refractivity contribution in [2.45, 2.75) is 39.5 Å². The number of benzene rings is 8. The Hall–Kier alpha value is -7.82. The van der Waals surface area contributed by atoms with E-state index in [9.17, 15) is 0 Å². The monoisotopic (exact) mass is 818 g/mol. The molecule has 2 aliphatic rings. The summed E-state index contributed by atoms with van der Waals surface area (Å²) in [5.74, 6) is 0. The molecule has 4 heterocycles. The minimum Gasteiger partial charge on any atom is -0.309 e. The van der Waals surface area contributed by atoms with Gasteiger partial charge in [-0.2, -0.15) is 0 Å². The second-order valence-corrected chi connectivity index (χ2v) is 18.1. The molecule has 0 N–H and O–H groups in total. The van der Waals surface area contributed by atoms with Crippen molar-refractivity contribution in [3.05, 3.63) is 204 Å². The summed E-state index contributed by atoms with van der Waals surface area (Å²) in [6.07, 6.45) is 7.88. The molecule has 0 saturated heterocycles. The number of aryl methyl sites for hydroxylation is 6. The summed E-state index contributed by atoms with van der Waals surface area (Å²) in [6.45, 7) is 4.20. The van der Waals surface area contributed by atoms with Crippen molar-refractivity contribution < 1.29 is 0 Å². The first-order valence-corrected chi connectivity index (χ1v) is 22.6. The molecule has 12 aromatic rings. The van der Waals surface area contributed by atoms with Crippen molar-refractivity contribution in [3.8, 4) is 44.8 Å². The van der Waals surface area contributed by atoms with Gasteiger partial charge in [0.1, 0.15) is 0 Å². The van der Waals surface area contributed by atoms with Crippen LogP contribution >= 0.6 is 0 Å². The highest BCUT2D eigenvalue weighted by Crippen LogP contribution is 2.52. The van der Waals surface area contributed by atoms with Gasteiger partial charge in [0.05, 0.1) is 22.1 Å². The van der Waals surface area contributed by atoms with Gasteiger partial charge in [-0.05, 0) is 177 Å². The van der Waals surface area contributed by atoms with E-state index < -0.39 is 0 Å². The molecule has 14 rings (SSSR count).